The highest BCUT2D eigenvalue weighted by Crippen LogP contribution is 2.28. The summed E-state index contributed by atoms with van der Waals surface area (Å²) in [6.45, 7) is 8.60. The van der Waals surface area contributed by atoms with Crippen molar-refractivity contribution in [3.05, 3.63) is 76.4 Å². The smallest absolute Gasteiger partial charge is 0.306 e. The summed E-state index contributed by atoms with van der Waals surface area (Å²) >= 11 is 0. The van der Waals surface area contributed by atoms with Gasteiger partial charge in [-0.2, -0.15) is 0 Å². The molecule has 2 nitrogen and oxygen atoms in total. The number of esters is 1. The summed E-state index contributed by atoms with van der Waals surface area (Å²) in [6, 6.07) is 15.0. The molecule has 2 aromatic carbocycles. The van der Waals surface area contributed by atoms with Crippen LogP contribution in [0.25, 0.3) is 5.57 Å². The van der Waals surface area contributed by atoms with Crippen LogP contribution in [0.3, 0.4) is 0 Å². The monoisotopic (exact) mass is 322 g/mol. The largest absolute Gasteiger partial charge is 0.466 e. The fourth-order valence-corrected chi connectivity index (χ4v) is 2.80. The van der Waals surface area contributed by atoms with Gasteiger partial charge < -0.3 is 4.74 Å². The Morgan fingerprint density at radius 1 is 1.00 bits per heavy atom. The second kappa shape index (κ2) is 8.49. The van der Waals surface area contributed by atoms with Crippen LogP contribution in [0.15, 0.2) is 48.5 Å². The first-order valence-corrected chi connectivity index (χ1v) is 8.51. The molecular formula is C22H26O2. The van der Waals surface area contributed by atoms with E-state index in [-0.39, 0.29) is 5.97 Å². The first-order chi connectivity index (χ1) is 11.5. The predicted octanol–water partition coefficient (Wildman–Crippen LogP) is 5.39. The molecule has 2 aromatic rings. The molecule has 2 heteroatoms. The van der Waals surface area contributed by atoms with Crippen molar-refractivity contribution in [1.29, 1.82) is 0 Å². The second-order valence-corrected chi connectivity index (χ2v) is 6.15. The van der Waals surface area contributed by atoms with Crippen LogP contribution in [0, 0.1) is 20.8 Å². The van der Waals surface area contributed by atoms with E-state index in [4.69, 9.17) is 4.74 Å². The van der Waals surface area contributed by atoms with E-state index in [1.807, 2.05) is 6.92 Å². The highest BCUT2D eigenvalue weighted by atomic mass is 16.5. The van der Waals surface area contributed by atoms with Gasteiger partial charge in [0.15, 0.2) is 0 Å². The van der Waals surface area contributed by atoms with Crippen LogP contribution in [0.5, 0.6) is 0 Å². The molecule has 0 saturated heterocycles. The van der Waals surface area contributed by atoms with Gasteiger partial charge in [0.2, 0.25) is 0 Å². The van der Waals surface area contributed by atoms with Gasteiger partial charge in [-0.3, -0.25) is 4.79 Å². The second-order valence-electron chi connectivity index (χ2n) is 6.15. The van der Waals surface area contributed by atoms with Crippen molar-refractivity contribution in [2.75, 3.05) is 6.61 Å². The molecule has 0 N–H and O–H groups in total. The van der Waals surface area contributed by atoms with Gasteiger partial charge in [-0.1, -0.05) is 59.7 Å². The summed E-state index contributed by atoms with van der Waals surface area (Å²) in [5, 5.41) is 0. The van der Waals surface area contributed by atoms with E-state index in [0.717, 1.165) is 0 Å². The Labute approximate surface area is 145 Å². The first kappa shape index (κ1) is 18.0. The number of hydrogen-bond donors (Lipinski definition) is 0. The Balaban J connectivity index is 2.34. The maximum absolute atomic E-state index is 11.6. The Hall–Kier alpha value is -2.35. The third kappa shape index (κ3) is 4.82. The number of benzene rings is 2. The van der Waals surface area contributed by atoms with Crippen molar-refractivity contribution in [1.82, 2.24) is 0 Å². The molecule has 0 spiro atoms. The van der Waals surface area contributed by atoms with Crippen molar-refractivity contribution in [3.63, 3.8) is 0 Å². The fraction of sp³-hybridized carbons (Fsp3) is 0.318. The molecule has 0 saturated carbocycles. The molecular weight excluding hydrogens is 296 g/mol. The zero-order valence-corrected chi connectivity index (χ0v) is 15.1. The van der Waals surface area contributed by atoms with E-state index in [1.165, 1.54) is 33.4 Å². The maximum atomic E-state index is 11.6. The van der Waals surface area contributed by atoms with E-state index in [9.17, 15) is 4.79 Å². The number of rotatable bonds is 6. The zero-order chi connectivity index (χ0) is 17.5. The van der Waals surface area contributed by atoms with Gasteiger partial charge in [-0.25, -0.2) is 0 Å². The van der Waals surface area contributed by atoms with Gasteiger partial charge in [0.25, 0.3) is 0 Å². The van der Waals surface area contributed by atoms with Gasteiger partial charge in [0.05, 0.1) is 6.61 Å². The maximum Gasteiger partial charge on any atom is 0.306 e. The van der Waals surface area contributed by atoms with E-state index >= 15 is 0 Å². The van der Waals surface area contributed by atoms with Gasteiger partial charge in [-0.15, -0.1) is 0 Å². The third-order valence-electron chi connectivity index (χ3n) is 4.04. The topological polar surface area (TPSA) is 26.3 Å². The Morgan fingerprint density at radius 3 is 2.29 bits per heavy atom. The molecule has 0 radical (unpaired) electrons. The molecule has 0 amide bonds. The summed E-state index contributed by atoms with van der Waals surface area (Å²) in [5.74, 6) is -0.141. The van der Waals surface area contributed by atoms with Crippen molar-refractivity contribution in [2.45, 2.75) is 40.5 Å². The van der Waals surface area contributed by atoms with Crippen molar-refractivity contribution in [3.8, 4) is 0 Å². The minimum atomic E-state index is -0.141. The van der Waals surface area contributed by atoms with Gasteiger partial charge in [0, 0.05) is 6.42 Å². The lowest BCUT2D eigenvalue weighted by molar-refractivity contribution is -0.142. The highest BCUT2D eigenvalue weighted by Gasteiger charge is 2.09. The number of carbonyl (C=O) groups is 1. The SMILES string of the molecule is CCOC(=O)CC/C=C(\c1ccc(C)cc1)c1ccc(C)cc1C. The molecule has 0 aromatic heterocycles. The van der Waals surface area contributed by atoms with E-state index in [0.29, 0.717) is 19.4 Å². The third-order valence-corrected chi connectivity index (χ3v) is 4.04. The van der Waals surface area contributed by atoms with Crippen molar-refractivity contribution < 1.29 is 9.53 Å². The Bertz CT molecular complexity index is 724. The number of ether oxygens (including phenoxy) is 1. The van der Waals surface area contributed by atoms with Crippen LogP contribution in [0.4, 0.5) is 0 Å². The normalized spacial score (nSPS) is 11.4. The molecule has 2 rings (SSSR count). The highest BCUT2D eigenvalue weighted by molar-refractivity contribution is 5.82. The molecule has 0 aliphatic rings. The molecule has 24 heavy (non-hydrogen) atoms. The van der Waals surface area contributed by atoms with E-state index in [1.54, 1.807) is 0 Å². The number of hydrogen-bond acceptors (Lipinski definition) is 2. The lowest BCUT2D eigenvalue weighted by atomic mass is 9.92. The van der Waals surface area contributed by atoms with Crippen LogP contribution >= 0.6 is 0 Å². The van der Waals surface area contributed by atoms with Crippen LogP contribution < -0.4 is 0 Å². The molecule has 0 aliphatic heterocycles. The average molecular weight is 322 g/mol. The molecule has 0 bridgehead atoms. The average Bonchev–Trinajstić information content (AvgIpc) is 2.54. The lowest BCUT2D eigenvalue weighted by Crippen LogP contribution is -2.02. The minimum Gasteiger partial charge on any atom is -0.466 e. The lowest BCUT2D eigenvalue weighted by Gasteiger charge is -2.13. The van der Waals surface area contributed by atoms with Crippen LogP contribution in [-0.2, 0) is 9.53 Å². The Morgan fingerprint density at radius 2 is 1.67 bits per heavy atom. The van der Waals surface area contributed by atoms with Crippen molar-refractivity contribution >= 4 is 11.5 Å². The minimum absolute atomic E-state index is 0.141. The summed E-state index contributed by atoms with van der Waals surface area (Å²) in [4.78, 5) is 11.6. The van der Waals surface area contributed by atoms with Gasteiger partial charge >= 0.3 is 5.97 Å². The van der Waals surface area contributed by atoms with Gasteiger partial charge in [0.1, 0.15) is 0 Å². The molecule has 126 valence electrons. The molecule has 0 fully saturated rings. The van der Waals surface area contributed by atoms with Gasteiger partial charge in [-0.05, 0) is 56.4 Å². The summed E-state index contributed by atoms with van der Waals surface area (Å²) in [7, 11) is 0. The quantitative estimate of drug-likeness (QED) is 0.667. The zero-order valence-electron chi connectivity index (χ0n) is 15.1. The molecule has 0 heterocycles. The van der Waals surface area contributed by atoms with Crippen LogP contribution in [-0.4, -0.2) is 12.6 Å². The first-order valence-electron chi connectivity index (χ1n) is 8.51. The molecule has 0 atom stereocenters. The molecule has 0 aliphatic carbocycles. The molecule has 0 unspecified atom stereocenters. The summed E-state index contributed by atoms with van der Waals surface area (Å²) < 4.78 is 5.02. The van der Waals surface area contributed by atoms with E-state index < -0.39 is 0 Å². The number of allylic oxidation sites excluding steroid dienone is 1. The standard InChI is InChI=1S/C22H26O2/c1-5-24-22(23)8-6-7-21(19-12-9-16(2)10-13-19)20-14-11-17(3)15-18(20)4/h7,9-15H,5-6,8H2,1-4H3/b21-7+. The number of carbonyl (C=O) groups excluding carboxylic acids is 1. The van der Waals surface area contributed by atoms with Crippen LogP contribution in [0.2, 0.25) is 0 Å². The fourth-order valence-electron chi connectivity index (χ4n) is 2.80. The van der Waals surface area contributed by atoms with E-state index in [2.05, 4.69) is 69.3 Å². The summed E-state index contributed by atoms with van der Waals surface area (Å²) in [6.07, 6.45) is 3.24. The van der Waals surface area contributed by atoms with Crippen molar-refractivity contribution in [2.24, 2.45) is 0 Å². The number of aryl methyl sites for hydroxylation is 3. The Kier molecular flexibility index (Phi) is 6.36. The summed E-state index contributed by atoms with van der Waals surface area (Å²) in [5.41, 5.74) is 7.32. The van der Waals surface area contributed by atoms with Crippen LogP contribution in [0.1, 0.15) is 47.6 Å². The predicted molar refractivity (Wildman–Crippen MR) is 100 cm³/mol.